The third-order valence-electron chi connectivity index (χ3n) is 4.53. The molecular weight excluding hydrogens is 297 g/mol. The van der Waals surface area contributed by atoms with Crippen LogP contribution in [0, 0.1) is 5.82 Å². The summed E-state index contributed by atoms with van der Waals surface area (Å²) in [6.45, 7) is 2.99. The summed E-state index contributed by atoms with van der Waals surface area (Å²) in [6.07, 6.45) is 2.46. The summed E-state index contributed by atoms with van der Waals surface area (Å²) >= 11 is 0. The first-order valence-electron chi connectivity index (χ1n) is 7.83. The van der Waals surface area contributed by atoms with Crippen molar-refractivity contribution in [1.29, 1.82) is 0 Å². The number of halogens is 1. The van der Waals surface area contributed by atoms with Gasteiger partial charge in [0.05, 0.1) is 6.04 Å². The highest BCUT2D eigenvalue weighted by atomic mass is 19.1. The van der Waals surface area contributed by atoms with Crippen LogP contribution in [0.5, 0.6) is 0 Å². The van der Waals surface area contributed by atoms with Gasteiger partial charge in [-0.15, -0.1) is 5.10 Å². The SMILES string of the molecule is CC(c1nnnn1C)N1CCCC1CC(=O)c1ccc(F)cc1. The summed E-state index contributed by atoms with van der Waals surface area (Å²) in [5, 5.41) is 11.6. The molecule has 122 valence electrons. The first-order valence-corrected chi connectivity index (χ1v) is 7.83. The van der Waals surface area contributed by atoms with Crippen molar-refractivity contribution in [3.63, 3.8) is 0 Å². The highest BCUT2D eigenvalue weighted by Gasteiger charge is 2.32. The minimum atomic E-state index is -0.326. The van der Waals surface area contributed by atoms with Crippen LogP contribution in [0.25, 0.3) is 0 Å². The molecule has 3 rings (SSSR count). The van der Waals surface area contributed by atoms with E-state index in [1.54, 1.807) is 16.8 Å². The van der Waals surface area contributed by atoms with E-state index in [4.69, 9.17) is 0 Å². The molecule has 0 aliphatic carbocycles. The summed E-state index contributed by atoms with van der Waals surface area (Å²) in [5.74, 6) is 0.517. The average Bonchev–Trinajstić information content (AvgIpc) is 3.16. The second kappa shape index (κ2) is 6.54. The summed E-state index contributed by atoms with van der Waals surface area (Å²) < 4.78 is 14.6. The second-order valence-electron chi connectivity index (χ2n) is 6.00. The van der Waals surface area contributed by atoms with Crippen molar-refractivity contribution in [2.75, 3.05) is 6.54 Å². The van der Waals surface area contributed by atoms with E-state index in [0.717, 1.165) is 25.2 Å². The summed E-state index contributed by atoms with van der Waals surface area (Å²) in [5.41, 5.74) is 0.561. The molecule has 1 fully saturated rings. The van der Waals surface area contributed by atoms with Crippen molar-refractivity contribution in [3.05, 3.63) is 41.5 Å². The third kappa shape index (κ3) is 3.29. The van der Waals surface area contributed by atoms with E-state index in [-0.39, 0.29) is 23.7 Å². The maximum atomic E-state index is 13.0. The molecule has 2 heterocycles. The highest BCUT2D eigenvalue weighted by molar-refractivity contribution is 5.96. The third-order valence-corrected chi connectivity index (χ3v) is 4.53. The topological polar surface area (TPSA) is 63.9 Å². The first kappa shape index (κ1) is 15.7. The van der Waals surface area contributed by atoms with Gasteiger partial charge in [-0.3, -0.25) is 9.69 Å². The van der Waals surface area contributed by atoms with E-state index in [0.29, 0.717) is 12.0 Å². The molecule has 1 saturated heterocycles. The summed E-state index contributed by atoms with van der Waals surface area (Å²) in [4.78, 5) is 14.7. The number of benzene rings is 1. The molecule has 6 nitrogen and oxygen atoms in total. The Hall–Kier alpha value is -2.15. The fourth-order valence-electron chi connectivity index (χ4n) is 3.29. The number of carbonyl (C=O) groups excluding carboxylic acids is 1. The van der Waals surface area contributed by atoms with Crippen LogP contribution >= 0.6 is 0 Å². The molecular formula is C16H20FN5O. The minimum Gasteiger partial charge on any atom is -0.294 e. The van der Waals surface area contributed by atoms with Crippen LogP contribution in [0.15, 0.2) is 24.3 Å². The van der Waals surface area contributed by atoms with Gasteiger partial charge < -0.3 is 0 Å². The number of aromatic nitrogens is 4. The summed E-state index contributed by atoms with van der Waals surface area (Å²) in [6, 6.07) is 5.98. The normalized spacial score (nSPS) is 19.9. The quantitative estimate of drug-likeness (QED) is 0.791. The van der Waals surface area contributed by atoms with Crippen molar-refractivity contribution in [2.24, 2.45) is 7.05 Å². The van der Waals surface area contributed by atoms with Gasteiger partial charge >= 0.3 is 0 Å². The molecule has 0 N–H and O–H groups in total. The van der Waals surface area contributed by atoms with Crippen LogP contribution in [-0.4, -0.2) is 43.5 Å². The molecule has 0 radical (unpaired) electrons. The Balaban J connectivity index is 1.70. The molecule has 23 heavy (non-hydrogen) atoms. The van der Waals surface area contributed by atoms with Crippen LogP contribution < -0.4 is 0 Å². The Kier molecular flexibility index (Phi) is 4.47. The number of carbonyl (C=O) groups is 1. The van der Waals surface area contributed by atoms with Crippen LogP contribution in [0.3, 0.4) is 0 Å². The molecule has 7 heteroatoms. The Morgan fingerprint density at radius 2 is 2.13 bits per heavy atom. The van der Waals surface area contributed by atoms with Gasteiger partial charge in [0.25, 0.3) is 0 Å². The van der Waals surface area contributed by atoms with Crippen molar-refractivity contribution >= 4 is 5.78 Å². The van der Waals surface area contributed by atoms with E-state index in [2.05, 4.69) is 27.3 Å². The number of ketones is 1. The Labute approximate surface area is 134 Å². The molecule has 0 spiro atoms. The standard InChI is InChI=1S/C16H20FN5O/c1-11(16-18-19-20-21(16)2)22-9-3-4-14(22)10-15(23)12-5-7-13(17)8-6-12/h5-8,11,14H,3-4,9-10H2,1-2H3. The van der Waals surface area contributed by atoms with Crippen molar-refractivity contribution in [2.45, 2.75) is 38.3 Å². The molecule has 2 unspecified atom stereocenters. The van der Waals surface area contributed by atoms with Crippen molar-refractivity contribution in [3.8, 4) is 0 Å². The Morgan fingerprint density at radius 3 is 2.78 bits per heavy atom. The Morgan fingerprint density at radius 1 is 1.39 bits per heavy atom. The molecule has 1 aromatic carbocycles. The number of hydrogen-bond donors (Lipinski definition) is 0. The number of tetrazole rings is 1. The zero-order chi connectivity index (χ0) is 16.4. The van der Waals surface area contributed by atoms with Crippen LogP contribution in [0.2, 0.25) is 0 Å². The smallest absolute Gasteiger partial charge is 0.167 e. The van der Waals surface area contributed by atoms with E-state index in [9.17, 15) is 9.18 Å². The lowest BCUT2D eigenvalue weighted by atomic mass is 10.0. The lowest BCUT2D eigenvalue weighted by Crippen LogP contribution is -2.35. The molecule has 1 aromatic heterocycles. The van der Waals surface area contributed by atoms with Gasteiger partial charge in [-0.2, -0.15) is 0 Å². The fraction of sp³-hybridized carbons (Fsp3) is 0.500. The van der Waals surface area contributed by atoms with Gasteiger partial charge in [0, 0.05) is 25.1 Å². The monoisotopic (exact) mass is 317 g/mol. The number of likely N-dealkylation sites (tertiary alicyclic amines) is 1. The maximum Gasteiger partial charge on any atom is 0.167 e. The van der Waals surface area contributed by atoms with Crippen molar-refractivity contribution < 1.29 is 9.18 Å². The predicted molar refractivity (Wildman–Crippen MR) is 82.3 cm³/mol. The molecule has 0 bridgehead atoms. The first-order chi connectivity index (χ1) is 11.1. The van der Waals surface area contributed by atoms with Crippen LogP contribution in [-0.2, 0) is 7.05 Å². The van der Waals surface area contributed by atoms with Gasteiger partial charge in [0.15, 0.2) is 11.6 Å². The molecule has 2 aromatic rings. The summed E-state index contributed by atoms with van der Waals surface area (Å²) in [7, 11) is 1.82. The lowest BCUT2D eigenvalue weighted by Gasteiger charge is -2.29. The van der Waals surface area contributed by atoms with Gasteiger partial charge in [0.1, 0.15) is 5.82 Å². The van der Waals surface area contributed by atoms with E-state index >= 15 is 0 Å². The Bertz CT molecular complexity index is 684. The zero-order valence-corrected chi connectivity index (χ0v) is 13.3. The van der Waals surface area contributed by atoms with E-state index in [1.165, 1.54) is 12.1 Å². The van der Waals surface area contributed by atoms with Crippen LogP contribution in [0.4, 0.5) is 4.39 Å². The second-order valence-corrected chi connectivity index (χ2v) is 6.00. The van der Waals surface area contributed by atoms with E-state index in [1.807, 2.05) is 7.05 Å². The number of aryl methyl sites for hydroxylation is 1. The number of nitrogens with zero attached hydrogens (tertiary/aromatic N) is 5. The largest absolute Gasteiger partial charge is 0.294 e. The van der Waals surface area contributed by atoms with Gasteiger partial charge in [-0.25, -0.2) is 9.07 Å². The molecule has 1 aliphatic heterocycles. The van der Waals surface area contributed by atoms with Gasteiger partial charge in [0.2, 0.25) is 0 Å². The molecule has 1 aliphatic rings. The van der Waals surface area contributed by atoms with Gasteiger partial charge in [-0.05, 0) is 61.0 Å². The van der Waals surface area contributed by atoms with Crippen molar-refractivity contribution in [1.82, 2.24) is 25.1 Å². The lowest BCUT2D eigenvalue weighted by molar-refractivity contribution is 0.0917. The fourth-order valence-corrected chi connectivity index (χ4v) is 3.29. The van der Waals surface area contributed by atoms with Gasteiger partial charge in [-0.1, -0.05) is 0 Å². The predicted octanol–water partition coefficient (Wildman–Crippen LogP) is 2.15. The van der Waals surface area contributed by atoms with E-state index < -0.39 is 0 Å². The zero-order valence-electron chi connectivity index (χ0n) is 13.3. The molecule has 0 amide bonds. The molecule has 2 atom stereocenters. The number of hydrogen-bond acceptors (Lipinski definition) is 5. The average molecular weight is 317 g/mol. The number of Topliss-reactive ketones (excluding diaryl/α,β-unsaturated/α-hetero) is 1. The molecule has 0 saturated carbocycles. The van der Waals surface area contributed by atoms with Crippen LogP contribution in [0.1, 0.15) is 48.4 Å². The minimum absolute atomic E-state index is 0.0465. The maximum absolute atomic E-state index is 13.0. The number of rotatable bonds is 5. The highest BCUT2D eigenvalue weighted by Crippen LogP contribution is 2.30.